The Kier molecular flexibility index (Phi) is 5.35. The van der Waals surface area contributed by atoms with Crippen molar-refractivity contribution in [2.45, 2.75) is 26.2 Å². The minimum atomic E-state index is 0.505. The molecule has 0 fully saturated rings. The molecular weight excluding hydrogens is 318 g/mol. The predicted octanol–water partition coefficient (Wildman–Crippen LogP) is 4.42. The molecular formula is C15H18BrN3O. The van der Waals surface area contributed by atoms with Crippen LogP contribution < -0.4 is 10.1 Å². The van der Waals surface area contributed by atoms with Crippen LogP contribution in [0.1, 0.15) is 25.3 Å². The van der Waals surface area contributed by atoms with Gasteiger partial charge in [-0.2, -0.15) is 4.98 Å². The monoisotopic (exact) mass is 335 g/mol. The summed E-state index contributed by atoms with van der Waals surface area (Å²) in [6.45, 7) is 2.20. The number of unbranched alkanes of at least 4 members (excludes halogenated alkanes) is 1. The fraction of sp³-hybridized carbons (Fsp3) is 0.333. The number of hydrogen-bond acceptors (Lipinski definition) is 4. The molecule has 0 aliphatic carbocycles. The summed E-state index contributed by atoms with van der Waals surface area (Å²) in [6, 6.07) is 8.13. The summed E-state index contributed by atoms with van der Waals surface area (Å²) in [5.41, 5.74) is 1.33. The van der Waals surface area contributed by atoms with E-state index in [2.05, 4.69) is 50.3 Å². The van der Waals surface area contributed by atoms with Crippen molar-refractivity contribution in [3.8, 4) is 11.6 Å². The summed E-state index contributed by atoms with van der Waals surface area (Å²) in [5.74, 6) is 1.81. The Balaban J connectivity index is 2.09. The van der Waals surface area contributed by atoms with Crippen LogP contribution in [0.2, 0.25) is 0 Å². The molecule has 4 nitrogen and oxygen atoms in total. The van der Waals surface area contributed by atoms with Crippen LogP contribution in [0, 0.1) is 0 Å². The number of benzene rings is 1. The Morgan fingerprint density at radius 1 is 1.25 bits per heavy atom. The Labute approximate surface area is 127 Å². The van der Waals surface area contributed by atoms with Gasteiger partial charge in [-0.25, -0.2) is 4.98 Å². The molecule has 0 radical (unpaired) electrons. The van der Waals surface area contributed by atoms with Crippen LogP contribution in [0.15, 0.2) is 34.9 Å². The van der Waals surface area contributed by atoms with E-state index in [1.807, 2.05) is 12.1 Å². The molecule has 106 valence electrons. The highest BCUT2D eigenvalue weighted by molar-refractivity contribution is 9.10. The molecule has 1 heterocycles. The van der Waals surface area contributed by atoms with Gasteiger partial charge in [-0.15, -0.1) is 0 Å². The second-order valence-electron chi connectivity index (χ2n) is 4.45. The zero-order valence-corrected chi connectivity index (χ0v) is 13.3. The lowest BCUT2D eigenvalue weighted by atomic mass is 10.1. The van der Waals surface area contributed by atoms with E-state index >= 15 is 0 Å². The number of aromatic nitrogens is 2. The first-order valence-electron chi connectivity index (χ1n) is 6.70. The van der Waals surface area contributed by atoms with E-state index in [-0.39, 0.29) is 0 Å². The summed E-state index contributed by atoms with van der Waals surface area (Å²) in [5, 5.41) is 2.89. The molecule has 0 bridgehead atoms. The number of aryl methyl sites for hydroxylation is 1. The van der Waals surface area contributed by atoms with E-state index in [9.17, 15) is 0 Å². The van der Waals surface area contributed by atoms with Crippen molar-refractivity contribution in [2.75, 3.05) is 12.4 Å². The lowest BCUT2D eigenvalue weighted by Crippen LogP contribution is -1.98. The predicted molar refractivity (Wildman–Crippen MR) is 84.4 cm³/mol. The minimum Gasteiger partial charge on any atom is -0.438 e. The van der Waals surface area contributed by atoms with Crippen LogP contribution in [0.4, 0.5) is 5.95 Å². The van der Waals surface area contributed by atoms with Crippen molar-refractivity contribution in [3.63, 3.8) is 0 Å². The van der Waals surface area contributed by atoms with Crippen LogP contribution in [0.5, 0.6) is 11.6 Å². The number of nitrogens with one attached hydrogen (secondary N) is 1. The van der Waals surface area contributed by atoms with Gasteiger partial charge in [-0.1, -0.05) is 25.5 Å². The lowest BCUT2D eigenvalue weighted by Gasteiger charge is -2.08. The molecule has 20 heavy (non-hydrogen) atoms. The summed E-state index contributed by atoms with van der Waals surface area (Å²) in [4.78, 5) is 8.36. The lowest BCUT2D eigenvalue weighted by molar-refractivity contribution is 0.459. The quantitative estimate of drug-likeness (QED) is 0.848. The Morgan fingerprint density at radius 3 is 2.65 bits per heavy atom. The van der Waals surface area contributed by atoms with Gasteiger partial charge in [0.1, 0.15) is 5.75 Å². The van der Waals surface area contributed by atoms with E-state index < -0.39 is 0 Å². The van der Waals surface area contributed by atoms with Gasteiger partial charge in [-0.3, -0.25) is 0 Å². The minimum absolute atomic E-state index is 0.505. The highest BCUT2D eigenvalue weighted by Gasteiger charge is 2.07. The van der Waals surface area contributed by atoms with E-state index in [4.69, 9.17) is 4.74 Å². The summed E-state index contributed by atoms with van der Waals surface area (Å²) in [6.07, 6.45) is 5.20. The Morgan fingerprint density at radius 2 is 2.00 bits per heavy atom. The van der Waals surface area contributed by atoms with Gasteiger partial charge >= 0.3 is 0 Å². The van der Waals surface area contributed by atoms with Gasteiger partial charge in [0.15, 0.2) is 0 Å². The molecule has 2 aromatic rings. The molecule has 2 rings (SSSR count). The maximum atomic E-state index is 5.77. The fourth-order valence-electron chi connectivity index (χ4n) is 1.76. The molecule has 1 aromatic heterocycles. The number of ether oxygens (including phenoxy) is 1. The van der Waals surface area contributed by atoms with Crippen molar-refractivity contribution in [1.29, 1.82) is 0 Å². The largest absolute Gasteiger partial charge is 0.438 e. The molecule has 0 atom stereocenters. The van der Waals surface area contributed by atoms with E-state index in [0.717, 1.165) is 16.6 Å². The van der Waals surface area contributed by atoms with Gasteiger partial charge in [0.25, 0.3) is 0 Å². The van der Waals surface area contributed by atoms with Crippen LogP contribution in [-0.2, 0) is 6.42 Å². The Hall–Kier alpha value is -1.62. The summed E-state index contributed by atoms with van der Waals surface area (Å²) >= 11 is 3.39. The third-order valence-corrected chi connectivity index (χ3v) is 3.44. The third-order valence-electron chi connectivity index (χ3n) is 2.89. The molecule has 1 aromatic carbocycles. The zero-order valence-electron chi connectivity index (χ0n) is 11.7. The van der Waals surface area contributed by atoms with Crippen LogP contribution in [0.3, 0.4) is 0 Å². The highest BCUT2D eigenvalue weighted by Crippen LogP contribution is 2.28. The molecule has 0 unspecified atom stereocenters. The van der Waals surface area contributed by atoms with E-state index in [1.165, 1.54) is 18.4 Å². The van der Waals surface area contributed by atoms with Gasteiger partial charge in [0, 0.05) is 7.05 Å². The average Bonchev–Trinajstić information content (AvgIpc) is 2.49. The number of hydrogen-bond donors (Lipinski definition) is 1. The second kappa shape index (κ2) is 7.24. The van der Waals surface area contributed by atoms with E-state index in [1.54, 1.807) is 13.2 Å². The van der Waals surface area contributed by atoms with Crippen molar-refractivity contribution in [2.24, 2.45) is 0 Å². The smallest absolute Gasteiger partial charge is 0.238 e. The average molecular weight is 336 g/mol. The third kappa shape index (κ3) is 3.93. The number of nitrogens with zero attached hydrogens (tertiary/aromatic N) is 2. The van der Waals surface area contributed by atoms with Crippen molar-refractivity contribution in [3.05, 3.63) is 40.5 Å². The summed E-state index contributed by atoms with van der Waals surface area (Å²) < 4.78 is 6.50. The number of halogens is 1. The maximum Gasteiger partial charge on any atom is 0.238 e. The molecule has 0 saturated heterocycles. The first-order valence-corrected chi connectivity index (χ1v) is 7.49. The second-order valence-corrected chi connectivity index (χ2v) is 5.30. The Bertz CT molecular complexity index is 558. The van der Waals surface area contributed by atoms with Crippen molar-refractivity contribution in [1.82, 2.24) is 9.97 Å². The van der Waals surface area contributed by atoms with Gasteiger partial charge in [-0.05, 0) is 46.5 Å². The normalized spacial score (nSPS) is 10.3. The number of anilines is 1. The van der Waals surface area contributed by atoms with Crippen molar-refractivity contribution >= 4 is 21.9 Å². The fourth-order valence-corrected chi connectivity index (χ4v) is 2.03. The van der Waals surface area contributed by atoms with Gasteiger partial charge in [0.05, 0.1) is 10.7 Å². The highest BCUT2D eigenvalue weighted by atomic mass is 79.9. The van der Waals surface area contributed by atoms with Crippen molar-refractivity contribution < 1.29 is 4.74 Å². The number of rotatable bonds is 6. The first-order chi connectivity index (χ1) is 9.72. The first kappa shape index (κ1) is 14.8. The van der Waals surface area contributed by atoms with Gasteiger partial charge < -0.3 is 10.1 Å². The van der Waals surface area contributed by atoms with E-state index in [0.29, 0.717) is 11.8 Å². The molecule has 0 aliphatic rings. The molecule has 0 amide bonds. The van der Waals surface area contributed by atoms with Crippen LogP contribution in [-0.4, -0.2) is 17.0 Å². The maximum absolute atomic E-state index is 5.77. The van der Waals surface area contributed by atoms with Crippen LogP contribution >= 0.6 is 15.9 Å². The van der Waals surface area contributed by atoms with Gasteiger partial charge in [0.2, 0.25) is 11.8 Å². The molecule has 0 aliphatic heterocycles. The molecule has 0 saturated carbocycles. The zero-order chi connectivity index (χ0) is 14.4. The van der Waals surface area contributed by atoms with Crippen LogP contribution in [0.25, 0.3) is 0 Å². The SMILES string of the molecule is CCCCc1ccc(Oc2nc(NC)ncc2Br)cc1. The topological polar surface area (TPSA) is 47.0 Å². The standard InChI is InChI=1S/C15H18BrN3O/c1-3-4-5-11-6-8-12(9-7-11)20-14-13(16)10-18-15(17-2)19-14/h6-10H,3-5H2,1-2H3,(H,17,18,19). The molecule has 0 spiro atoms. The molecule has 1 N–H and O–H groups in total. The molecule has 5 heteroatoms. The summed E-state index contributed by atoms with van der Waals surface area (Å²) in [7, 11) is 1.77.